The predicted octanol–water partition coefficient (Wildman–Crippen LogP) is 4.48. The van der Waals surface area contributed by atoms with Crippen LogP contribution in [0, 0.1) is 39.9 Å². The van der Waals surface area contributed by atoms with Gasteiger partial charge in [-0.3, -0.25) is 9.79 Å². The smallest absolute Gasteiger partial charge is 0.189 e. The highest BCUT2D eigenvalue weighted by molar-refractivity contribution is 8.76. The molecule has 0 saturated heterocycles. The molecular formula is C28H39N3O2S2. The van der Waals surface area contributed by atoms with E-state index in [4.69, 9.17) is 5.73 Å². The third kappa shape index (κ3) is 2.79. The minimum atomic E-state index is -0.0574. The van der Waals surface area contributed by atoms with Crippen molar-refractivity contribution in [2.45, 2.75) is 70.3 Å². The Hall–Kier alpha value is -0.920. The fourth-order valence-electron chi connectivity index (χ4n) is 10.5. The monoisotopic (exact) mass is 513 g/mol. The lowest BCUT2D eigenvalue weighted by Crippen LogP contribution is -2.61. The largest absolute Gasteiger partial charge is 0.396 e. The number of nitrogens with two attached hydrogens (primary N) is 1. The predicted molar refractivity (Wildman–Crippen MR) is 144 cm³/mol. The number of allylic oxidation sites excluding steroid dienone is 4. The first kappa shape index (κ1) is 23.2. The Kier molecular flexibility index (Phi) is 5.17. The van der Waals surface area contributed by atoms with Crippen molar-refractivity contribution in [3.63, 3.8) is 0 Å². The van der Waals surface area contributed by atoms with E-state index in [1.54, 1.807) is 5.57 Å². The van der Waals surface area contributed by atoms with Crippen molar-refractivity contribution >= 4 is 33.3 Å². The first-order chi connectivity index (χ1) is 16.9. The van der Waals surface area contributed by atoms with Crippen LogP contribution in [0.3, 0.4) is 0 Å². The number of aliphatic imine (C=N–C) groups is 1. The standard InChI is InChI=1S/C28H39N3O2S2/c1-25-11-13-34-35-16-27(10-12-30-24(29)31-27)8-3-4-18-22-17-7-9-26(15-32,14-20(17)25)21-6-2-5-19(23(18)33)28(21,22)25/h2,5,17,19-21,32H,3-4,6-16H2,1H3,(H3,29,30,31)/t17-,19-,20+,21+,25-,26+,27+,28-/m0/s1. The van der Waals surface area contributed by atoms with Gasteiger partial charge < -0.3 is 16.2 Å². The number of nitrogens with one attached hydrogen (secondary N) is 1. The molecule has 4 N–H and O–H groups in total. The maximum Gasteiger partial charge on any atom is 0.189 e. The van der Waals surface area contributed by atoms with E-state index < -0.39 is 0 Å². The lowest BCUT2D eigenvalue weighted by Gasteiger charge is -2.65. The van der Waals surface area contributed by atoms with Crippen molar-refractivity contribution in [3.8, 4) is 0 Å². The van der Waals surface area contributed by atoms with Gasteiger partial charge in [-0.2, -0.15) is 0 Å². The Morgan fingerprint density at radius 3 is 2.97 bits per heavy atom. The molecule has 0 aromatic carbocycles. The molecule has 0 radical (unpaired) electrons. The maximum absolute atomic E-state index is 14.2. The van der Waals surface area contributed by atoms with Gasteiger partial charge in [-0.05, 0) is 91.9 Å². The molecule has 0 aromatic rings. The van der Waals surface area contributed by atoms with Crippen molar-refractivity contribution in [1.82, 2.24) is 5.32 Å². The Balaban J connectivity index is 1.36. The number of Topliss-reactive ketones (excluding diaryl/α,β-unsaturated/α-hetero) is 1. The van der Waals surface area contributed by atoms with Crippen LogP contribution in [-0.4, -0.2) is 47.0 Å². The van der Waals surface area contributed by atoms with Crippen molar-refractivity contribution in [2.75, 3.05) is 24.7 Å². The number of guanidine groups is 1. The molecule has 2 aliphatic heterocycles. The summed E-state index contributed by atoms with van der Waals surface area (Å²) in [4.78, 5) is 18.6. The molecular weight excluding hydrogens is 474 g/mol. The van der Waals surface area contributed by atoms with E-state index in [9.17, 15) is 9.90 Å². The molecule has 7 heteroatoms. The van der Waals surface area contributed by atoms with E-state index in [0.29, 0.717) is 29.5 Å². The average molecular weight is 514 g/mol. The second-order valence-electron chi connectivity index (χ2n) is 12.8. The van der Waals surface area contributed by atoms with Gasteiger partial charge in [-0.15, -0.1) is 0 Å². The second-order valence-corrected chi connectivity index (χ2v) is 15.4. The molecule has 6 bridgehead atoms. The summed E-state index contributed by atoms with van der Waals surface area (Å²) in [5, 5.41) is 14.4. The van der Waals surface area contributed by atoms with Gasteiger partial charge in [0.2, 0.25) is 0 Å². The Morgan fingerprint density at radius 2 is 2.14 bits per heavy atom. The average Bonchev–Trinajstić information content (AvgIpc) is 3.11. The van der Waals surface area contributed by atoms with Gasteiger partial charge >= 0.3 is 0 Å². The molecule has 7 rings (SSSR count). The number of hydrogen-bond donors (Lipinski definition) is 3. The number of rotatable bonds is 1. The van der Waals surface area contributed by atoms with Crippen LogP contribution in [0.5, 0.6) is 0 Å². The molecule has 7 aliphatic rings. The third-order valence-corrected chi connectivity index (χ3v) is 14.4. The summed E-state index contributed by atoms with van der Waals surface area (Å²) in [6.45, 7) is 3.64. The first-order valence-electron chi connectivity index (χ1n) is 13.8. The Labute approximate surface area is 217 Å². The summed E-state index contributed by atoms with van der Waals surface area (Å²) in [7, 11) is 4.02. The molecule has 190 valence electrons. The van der Waals surface area contributed by atoms with E-state index in [2.05, 4.69) is 29.4 Å². The van der Waals surface area contributed by atoms with Crippen molar-refractivity contribution in [2.24, 2.45) is 50.6 Å². The number of ketones is 1. The maximum atomic E-state index is 14.2. The lowest BCUT2D eigenvalue weighted by molar-refractivity contribution is -0.171. The summed E-state index contributed by atoms with van der Waals surface area (Å²) in [5.74, 6) is 4.73. The lowest BCUT2D eigenvalue weighted by atomic mass is 9.39. The zero-order valence-corrected chi connectivity index (χ0v) is 22.5. The normalized spacial score (nSPS) is 50.5. The quantitative estimate of drug-likeness (QED) is 0.354. The zero-order chi connectivity index (χ0) is 24.1. The van der Waals surface area contributed by atoms with E-state index in [1.165, 1.54) is 12.0 Å². The number of carbonyl (C=O) groups excluding carboxylic acids is 1. The topological polar surface area (TPSA) is 87.7 Å². The van der Waals surface area contributed by atoms with Crippen molar-refractivity contribution in [3.05, 3.63) is 23.3 Å². The number of hydrogen-bond acceptors (Lipinski definition) is 7. The molecule has 3 saturated carbocycles. The number of aliphatic hydroxyl groups is 1. The third-order valence-electron chi connectivity index (χ3n) is 11.8. The number of nitrogens with zero attached hydrogens (tertiary/aromatic N) is 1. The van der Waals surface area contributed by atoms with E-state index in [0.717, 1.165) is 69.4 Å². The van der Waals surface area contributed by atoms with E-state index in [-0.39, 0.29) is 34.3 Å². The van der Waals surface area contributed by atoms with Crippen LogP contribution in [0.4, 0.5) is 0 Å². The SMILES string of the molecule is C[C@]12CCSSC[C@@]3(CCCC4=C5[C@H]6CC[C@](CO)(C[C@H]61)[C@H]1CC=C[C@@H](C4=O)[C@@]512)CCN=C(N)N3. The summed E-state index contributed by atoms with van der Waals surface area (Å²) < 4.78 is 0. The molecule has 5 nitrogen and oxygen atoms in total. The second kappa shape index (κ2) is 7.80. The van der Waals surface area contributed by atoms with Crippen LogP contribution in [0.15, 0.2) is 28.3 Å². The molecule has 2 spiro atoms. The van der Waals surface area contributed by atoms with Crippen LogP contribution in [0.1, 0.15) is 64.7 Å². The van der Waals surface area contributed by atoms with Crippen molar-refractivity contribution < 1.29 is 9.90 Å². The fraction of sp³-hybridized carbons (Fsp3) is 0.786. The highest BCUT2D eigenvalue weighted by atomic mass is 33.1. The van der Waals surface area contributed by atoms with Crippen LogP contribution < -0.4 is 11.1 Å². The van der Waals surface area contributed by atoms with Gasteiger partial charge in [0, 0.05) is 30.1 Å². The zero-order valence-electron chi connectivity index (χ0n) is 20.9. The minimum Gasteiger partial charge on any atom is -0.396 e. The summed E-state index contributed by atoms with van der Waals surface area (Å²) >= 11 is 0. The molecule has 0 amide bonds. The number of aliphatic hydroxyl groups excluding tert-OH is 1. The summed E-state index contributed by atoms with van der Waals surface area (Å²) in [5.41, 5.74) is 9.01. The number of fused-ring (bicyclic) bond motifs is 2. The van der Waals surface area contributed by atoms with E-state index >= 15 is 0 Å². The molecule has 8 atom stereocenters. The van der Waals surface area contributed by atoms with Crippen LogP contribution in [-0.2, 0) is 4.79 Å². The van der Waals surface area contributed by atoms with Gasteiger partial charge in [0.25, 0.3) is 0 Å². The number of carbonyl (C=O) groups is 1. The molecule has 5 aliphatic carbocycles. The van der Waals surface area contributed by atoms with Gasteiger partial charge in [-0.1, -0.05) is 46.2 Å². The molecule has 0 aromatic heterocycles. The molecule has 2 heterocycles. The summed E-state index contributed by atoms with van der Waals surface area (Å²) in [6.07, 6.45) is 14.2. The highest BCUT2D eigenvalue weighted by Crippen LogP contribution is 2.84. The first-order valence-corrected chi connectivity index (χ1v) is 16.3. The Bertz CT molecular complexity index is 1060. The van der Waals surface area contributed by atoms with Crippen LogP contribution in [0.2, 0.25) is 0 Å². The van der Waals surface area contributed by atoms with Gasteiger partial charge in [0.1, 0.15) is 0 Å². The molecule has 3 fully saturated rings. The van der Waals surface area contributed by atoms with Gasteiger partial charge in [0.15, 0.2) is 11.7 Å². The van der Waals surface area contributed by atoms with E-state index in [1.807, 2.05) is 21.6 Å². The molecule has 0 unspecified atom stereocenters. The fourth-order valence-corrected chi connectivity index (χ4v) is 13.3. The summed E-state index contributed by atoms with van der Waals surface area (Å²) in [6, 6.07) is 0. The van der Waals surface area contributed by atoms with Crippen LogP contribution in [0.25, 0.3) is 0 Å². The molecule has 35 heavy (non-hydrogen) atoms. The van der Waals surface area contributed by atoms with Crippen LogP contribution >= 0.6 is 21.6 Å². The minimum absolute atomic E-state index is 0.00166. The highest BCUT2D eigenvalue weighted by Gasteiger charge is 2.80. The van der Waals surface area contributed by atoms with Gasteiger partial charge in [-0.25, -0.2) is 0 Å². The Morgan fingerprint density at radius 1 is 1.26 bits per heavy atom. The van der Waals surface area contributed by atoms with Gasteiger partial charge in [0.05, 0.1) is 11.5 Å². The van der Waals surface area contributed by atoms with Crippen molar-refractivity contribution in [1.29, 1.82) is 0 Å².